The summed E-state index contributed by atoms with van der Waals surface area (Å²) in [7, 11) is 0. The van der Waals surface area contributed by atoms with Gasteiger partial charge in [-0.3, -0.25) is 14.9 Å². The Morgan fingerprint density at radius 3 is 2.94 bits per heavy atom. The molecule has 0 spiro atoms. The van der Waals surface area contributed by atoms with Crippen LogP contribution < -0.4 is 15.2 Å². The fourth-order valence-corrected chi connectivity index (χ4v) is 1.36. The summed E-state index contributed by atoms with van der Waals surface area (Å²) >= 11 is 0. The van der Waals surface area contributed by atoms with Gasteiger partial charge in [0.1, 0.15) is 6.61 Å². The Bertz CT molecular complexity index is 459. The lowest BCUT2D eigenvalue weighted by molar-refractivity contribution is -0.386. The number of para-hydroxylation sites is 1. The van der Waals surface area contributed by atoms with E-state index < -0.39 is 16.9 Å². The van der Waals surface area contributed by atoms with Crippen molar-refractivity contribution in [3.8, 4) is 11.5 Å². The van der Waals surface area contributed by atoms with Gasteiger partial charge < -0.3 is 15.2 Å². The molecule has 2 N–H and O–H groups in total. The second kappa shape index (κ2) is 3.69. The summed E-state index contributed by atoms with van der Waals surface area (Å²) in [6.07, 6.45) is -0.992. The van der Waals surface area contributed by atoms with Gasteiger partial charge in [0.15, 0.2) is 5.75 Å². The number of primary amides is 1. The average molecular weight is 224 g/mol. The lowest BCUT2D eigenvalue weighted by Gasteiger charge is -2.23. The number of rotatable bonds is 2. The zero-order valence-corrected chi connectivity index (χ0v) is 8.08. The maximum Gasteiger partial charge on any atom is 0.314 e. The van der Waals surface area contributed by atoms with Crippen LogP contribution in [0.25, 0.3) is 0 Å². The van der Waals surface area contributed by atoms with Gasteiger partial charge in [-0.25, -0.2) is 0 Å². The molecule has 1 heterocycles. The summed E-state index contributed by atoms with van der Waals surface area (Å²) in [6, 6.07) is 4.27. The second-order valence-electron chi connectivity index (χ2n) is 3.18. The summed E-state index contributed by atoms with van der Waals surface area (Å²) in [5.74, 6) is -0.530. The number of nitro benzene ring substituents is 1. The van der Waals surface area contributed by atoms with E-state index in [0.717, 1.165) is 0 Å². The fourth-order valence-electron chi connectivity index (χ4n) is 1.36. The van der Waals surface area contributed by atoms with Crippen LogP contribution in [0.3, 0.4) is 0 Å². The van der Waals surface area contributed by atoms with Crippen molar-refractivity contribution in [1.29, 1.82) is 0 Å². The highest BCUT2D eigenvalue weighted by molar-refractivity contribution is 5.80. The molecule has 1 aliphatic heterocycles. The summed E-state index contributed by atoms with van der Waals surface area (Å²) in [5.41, 5.74) is 4.79. The van der Waals surface area contributed by atoms with Gasteiger partial charge in [0, 0.05) is 6.07 Å². The van der Waals surface area contributed by atoms with Gasteiger partial charge in [0.25, 0.3) is 5.91 Å². The Labute approximate surface area is 89.9 Å². The molecule has 84 valence electrons. The number of carbonyl (C=O) groups excluding carboxylic acids is 1. The third kappa shape index (κ3) is 1.62. The van der Waals surface area contributed by atoms with Crippen LogP contribution >= 0.6 is 0 Å². The largest absolute Gasteiger partial charge is 0.485 e. The first-order valence-corrected chi connectivity index (χ1v) is 4.46. The fraction of sp³-hybridized carbons (Fsp3) is 0.222. The van der Waals surface area contributed by atoms with Gasteiger partial charge >= 0.3 is 5.69 Å². The Morgan fingerprint density at radius 1 is 1.56 bits per heavy atom. The van der Waals surface area contributed by atoms with Crippen LogP contribution in [0.5, 0.6) is 11.5 Å². The number of hydrogen-bond acceptors (Lipinski definition) is 5. The van der Waals surface area contributed by atoms with Crippen molar-refractivity contribution in [2.45, 2.75) is 6.10 Å². The first kappa shape index (κ1) is 10.2. The van der Waals surface area contributed by atoms with E-state index in [0.29, 0.717) is 0 Å². The van der Waals surface area contributed by atoms with E-state index in [1.54, 1.807) is 0 Å². The number of nitrogens with zero attached hydrogens (tertiary/aromatic N) is 1. The van der Waals surface area contributed by atoms with Crippen LogP contribution in [0.15, 0.2) is 18.2 Å². The predicted molar refractivity (Wildman–Crippen MR) is 52.2 cm³/mol. The Morgan fingerprint density at radius 2 is 2.31 bits per heavy atom. The third-order valence-corrected chi connectivity index (χ3v) is 2.12. The highest BCUT2D eigenvalue weighted by Crippen LogP contribution is 2.39. The molecule has 16 heavy (non-hydrogen) atoms. The van der Waals surface area contributed by atoms with Crippen LogP contribution in [-0.4, -0.2) is 23.5 Å². The Kier molecular flexibility index (Phi) is 2.35. The molecular formula is C9H8N2O5. The smallest absolute Gasteiger partial charge is 0.314 e. The standard InChI is InChI=1S/C9H8N2O5/c10-9(12)7-4-15-6-3-1-2-5(11(13)14)8(6)16-7/h1-3,7H,4H2,(H2,10,12). The van der Waals surface area contributed by atoms with Crippen molar-refractivity contribution in [2.75, 3.05) is 6.61 Å². The van der Waals surface area contributed by atoms with E-state index in [1.165, 1.54) is 18.2 Å². The highest BCUT2D eigenvalue weighted by Gasteiger charge is 2.31. The first-order valence-electron chi connectivity index (χ1n) is 4.46. The van der Waals surface area contributed by atoms with Crippen LogP contribution in [0, 0.1) is 10.1 Å². The first-order chi connectivity index (χ1) is 7.59. The van der Waals surface area contributed by atoms with E-state index in [4.69, 9.17) is 15.2 Å². The number of nitro groups is 1. The molecule has 1 amide bonds. The molecule has 1 atom stereocenters. The van der Waals surface area contributed by atoms with Crippen LogP contribution in [-0.2, 0) is 4.79 Å². The van der Waals surface area contributed by atoms with E-state index >= 15 is 0 Å². The molecule has 2 rings (SSSR count). The maximum atomic E-state index is 10.9. The molecule has 0 fully saturated rings. The average Bonchev–Trinajstić information content (AvgIpc) is 2.27. The zero-order valence-electron chi connectivity index (χ0n) is 8.08. The molecule has 0 radical (unpaired) electrons. The molecule has 0 aromatic heterocycles. The quantitative estimate of drug-likeness (QED) is 0.571. The second-order valence-corrected chi connectivity index (χ2v) is 3.18. The topological polar surface area (TPSA) is 105 Å². The molecular weight excluding hydrogens is 216 g/mol. The van der Waals surface area contributed by atoms with Crippen LogP contribution in [0.1, 0.15) is 0 Å². The van der Waals surface area contributed by atoms with Gasteiger partial charge in [-0.2, -0.15) is 0 Å². The van der Waals surface area contributed by atoms with Gasteiger partial charge in [0.2, 0.25) is 11.9 Å². The van der Waals surface area contributed by atoms with Crippen molar-refractivity contribution in [3.05, 3.63) is 28.3 Å². The number of nitrogens with two attached hydrogens (primary N) is 1. The monoisotopic (exact) mass is 224 g/mol. The van der Waals surface area contributed by atoms with Gasteiger partial charge in [-0.05, 0) is 6.07 Å². The highest BCUT2D eigenvalue weighted by atomic mass is 16.6. The van der Waals surface area contributed by atoms with E-state index in [9.17, 15) is 14.9 Å². The van der Waals surface area contributed by atoms with Crippen LogP contribution in [0.4, 0.5) is 5.69 Å². The molecule has 1 aliphatic rings. The summed E-state index contributed by atoms with van der Waals surface area (Å²) < 4.78 is 10.3. The normalized spacial score (nSPS) is 17.9. The molecule has 1 aromatic carbocycles. The van der Waals surface area contributed by atoms with Gasteiger partial charge in [-0.1, -0.05) is 6.07 Å². The Hall–Kier alpha value is -2.31. The van der Waals surface area contributed by atoms with Gasteiger partial charge in [-0.15, -0.1) is 0 Å². The van der Waals surface area contributed by atoms with E-state index in [2.05, 4.69) is 0 Å². The molecule has 0 saturated heterocycles. The summed E-state index contributed by atoms with van der Waals surface area (Å²) in [6.45, 7) is -0.0382. The van der Waals surface area contributed by atoms with E-state index in [-0.39, 0.29) is 23.8 Å². The predicted octanol–water partition coefficient (Wildman–Crippen LogP) is 0.220. The summed E-state index contributed by atoms with van der Waals surface area (Å²) in [5, 5.41) is 10.7. The molecule has 0 saturated carbocycles. The van der Waals surface area contributed by atoms with Gasteiger partial charge in [0.05, 0.1) is 4.92 Å². The minimum Gasteiger partial charge on any atom is -0.485 e. The summed E-state index contributed by atoms with van der Waals surface area (Å²) in [4.78, 5) is 21.0. The number of ether oxygens (including phenoxy) is 2. The van der Waals surface area contributed by atoms with Crippen molar-refractivity contribution < 1.29 is 19.2 Å². The number of fused-ring (bicyclic) bond motifs is 1. The molecule has 0 bridgehead atoms. The molecule has 1 aromatic rings. The van der Waals surface area contributed by atoms with Crippen molar-refractivity contribution in [1.82, 2.24) is 0 Å². The minimum atomic E-state index is -0.992. The number of hydrogen-bond donors (Lipinski definition) is 1. The molecule has 7 nitrogen and oxygen atoms in total. The van der Waals surface area contributed by atoms with Crippen LogP contribution in [0.2, 0.25) is 0 Å². The Balaban J connectivity index is 2.41. The van der Waals surface area contributed by atoms with E-state index in [1.807, 2.05) is 0 Å². The van der Waals surface area contributed by atoms with Crippen molar-refractivity contribution in [3.63, 3.8) is 0 Å². The molecule has 7 heteroatoms. The zero-order chi connectivity index (χ0) is 11.7. The molecule has 1 unspecified atom stereocenters. The number of carbonyl (C=O) groups is 1. The lowest BCUT2D eigenvalue weighted by atomic mass is 10.2. The van der Waals surface area contributed by atoms with Crippen molar-refractivity contribution in [2.24, 2.45) is 5.73 Å². The minimum absolute atomic E-state index is 0.0382. The maximum absolute atomic E-state index is 10.9. The SMILES string of the molecule is NC(=O)C1COc2cccc([N+](=O)[O-])c2O1. The number of benzene rings is 1. The van der Waals surface area contributed by atoms with Crippen molar-refractivity contribution >= 4 is 11.6 Å². The lowest BCUT2D eigenvalue weighted by Crippen LogP contribution is -2.41. The number of amides is 1. The molecule has 0 aliphatic carbocycles. The third-order valence-electron chi connectivity index (χ3n) is 2.12.